The molecule has 0 aliphatic heterocycles. The van der Waals surface area contributed by atoms with Crippen LogP contribution in [0.2, 0.25) is 0 Å². The molecule has 0 aliphatic rings. The Bertz CT molecular complexity index is 831. The highest BCUT2D eigenvalue weighted by Gasteiger charge is 2.25. The first-order chi connectivity index (χ1) is 11.8. The van der Waals surface area contributed by atoms with E-state index >= 15 is 0 Å². The summed E-state index contributed by atoms with van der Waals surface area (Å²) in [7, 11) is -2.31. The van der Waals surface area contributed by atoms with E-state index in [4.69, 9.17) is 9.84 Å². The number of carbonyl (C=O) groups is 1. The number of rotatable bonds is 8. The summed E-state index contributed by atoms with van der Waals surface area (Å²) in [4.78, 5) is 11.0. The van der Waals surface area contributed by atoms with E-state index in [1.54, 1.807) is 48.5 Å². The first-order valence-electron chi connectivity index (χ1n) is 7.80. The lowest BCUT2D eigenvalue weighted by molar-refractivity contribution is -0.137. The van der Waals surface area contributed by atoms with Crippen LogP contribution >= 0.6 is 0 Å². The van der Waals surface area contributed by atoms with Crippen molar-refractivity contribution in [3.05, 3.63) is 54.1 Å². The molecule has 0 spiro atoms. The summed E-state index contributed by atoms with van der Waals surface area (Å²) in [6.07, 6.45) is 0.0987. The molecule has 25 heavy (non-hydrogen) atoms. The fourth-order valence-electron chi connectivity index (χ4n) is 2.37. The molecule has 0 atom stereocenters. The van der Waals surface area contributed by atoms with Crippen LogP contribution in [0.25, 0.3) is 0 Å². The smallest absolute Gasteiger partial charge is 0.303 e. The molecule has 2 rings (SSSR count). The van der Waals surface area contributed by atoms with Crippen LogP contribution in [0.3, 0.4) is 0 Å². The van der Waals surface area contributed by atoms with E-state index in [0.29, 0.717) is 11.4 Å². The Balaban J connectivity index is 2.41. The quantitative estimate of drug-likeness (QED) is 0.779. The van der Waals surface area contributed by atoms with Crippen molar-refractivity contribution >= 4 is 21.7 Å². The molecular weight excluding hydrogens is 342 g/mol. The molecule has 0 aromatic heterocycles. The maximum atomic E-state index is 13.1. The first-order valence-corrected chi connectivity index (χ1v) is 9.24. The number of nitrogens with zero attached hydrogens (tertiary/aromatic N) is 1. The highest BCUT2D eigenvalue weighted by Crippen LogP contribution is 2.27. The second-order valence-corrected chi connectivity index (χ2v) is 7.45. The number of sulfonamides is 1. The van der Waals surface area contributed by atoms with Crippen molar-refractivity contribution in [2.75, 3.05) is 18.0 Å². The van der Waals surface area contributed by atoms with Crippen molar-refractivity contribution in [3.8, 4) is 5.75 Å². The average Bonchev–Trinajstić information content (AvgIpc) is 2.58. The summed E-state index contributed by atoms with van der Waals surface area (Å²) < 4.78 is 32.5. The van der Waals surface area contributed by atoms with Gasteiger partial charge in [0, 0.05) is 19.0 Å². The summed E-state index contributed by atoms with van der Waals surface area (Å²) in [5.74, 6) is -0.432. The van der Waals surface area contributed by atoms with Crippen molar-refractivity contribution in [3.63, 3.8) is 0 Å². The first kappa shape index (κ1) is 18.8. The number of aryl methyl sites for hydroxylation is 1. The van der Waals surface area contributed by atoms with Gasteiger partial charge in [0.25, 0.3) is 10.0 Å². The molecule has 134 valence electrons. The lowest BCUT2D eigenvalue weighted by Crippen LogP contribution is -2.32. The van der Waals surface area contributed by atoms with Gasteiger partial charge in [0.1, 0.15) is 5.75 Å². The van der Waals surface area contributed by atoms with Crippen molar-refractivity contribution in [2.45, 2.75) is 24.7 Å². The number of methoxy groups -OCH3 is 1. The zero-order chi connectivity index (χ0) is 18.4. The van der Waals surface area contributed by atoms with E-state index in [1.807, 2.05) is 6.92 Å². The van der Waals surface area contributed by atoms with Crippen molar-refractivity contribution < 1.29 is 23.1 Å². The van der Waals surface area contributed by atoms with Gasteiger partial charge >= 0.3 is 5.97 Å². The lowest BCUT2D eigenvalue weighted by atomic mass is 10.2. The molecule has 0 saturated heterocycles. The van der Waals surface area contributed by atoms with E-state index in [9.17, 15) is 13.2 Å². The number of carboxylic acids is 1. The van der Waals surface area contributed by atoms with Gasteiger partial charge < -0.3 is 9.84 Å². The van der Waals surface area contributed by atoms with Gasteiger partial charge in [-0.1, -0.05) is 23.8 Å². The monoisotopic (exact) mass is 363 g/mol. The number of hydrogen-bond donors (Lipinski definition) is 1. The third-order valence-corrected chi connectivity index (χ3v) is 5.54. The van der Waals surface area contributed by atoms with Gasteiger partial charge in [0.15, 0.2) is 0 Å². The van der Waals surface area contributed by atoms with Crippen LogP contribution in [0.4, 0.5) is 5.69 Å². The van der Waals surface area contributed by atoms with Crippen molar-refractivity contribution in [1.29, 1.82) is 0 Å². The third-order valence-electron chi connectivity index (χ3n) is 3.70. The second kappa shape index (κ2) is 8.02. The van der Waals surface area contributed by atoms with E-state index in [-0.39, 0.29) is 24.3 Å². The fourth-order valence-corrected chi connectivity index (χ4v) is 3.86. The summed E-state index contributed by atoms with van der Waals surface area (Å²) in [5, 5.41) is 8.84. The molecule has 0 saturated carbocycles. The maximum Gasteiger partial charge on any atom is 0.303 e. The molecule has 7 heteroatoms. The molecule has 0 heterocycles. The number of aliphatic carboxylic acids is 1. The topological polar surface area (TPSA) is 83.9 Å². The van der Waals surface area contributed by atoms with Crippen LogP contribution in [0.15, 0.2) is 53.4 Å². The van der Waals surface area contributed by atoms with Gasteiger partial charge in [-0.2, -0.15) is 0 Å². The van der Waals surface area contributed by atoms with Gasteiger partial charge in [-0.25, -0.2) is 8.42 Å². The van der Waals surface area contributed by atoms with Gasteiger partial charge in [0.2, 0.25) is 0 Å². The third kappa shape index (κ3) is 4.73. The maximum absolute atomic E-state index is 13.1. The van der Waals surface area contributed by atoms with Crippen molar-refractivity contribution in [1.82, 2.24) is 0 Å². The Morgan fingerprint density at radius 2 is 1.84 bits per heavy atom. The Hall–Kier alpha value is -2.54. The van der Waals surface area contributed by atoms with Crippen LogP contribution < -0.4 is 9.04 Å². The zero-order valence-electron chi connectivity index (χ0n) is 14.2. The molecule has 0 fully saturated rings. The SMILES string of the molecule is COc1cccc(N(CCCC(=O)O)S(=O)(=O)c2ccc(C)cc2)c1. The van der Waals surface area contributed by atoms with Gasteiger partial charge in [0.05, 0.1) is 17.7 Å². The van der Waals surface area contributed by atoms with Gasteiger partial charge in [-0.05, 0) is 37.6 Å². The molecule has 6 nitrogen and oxygen atoms in total. The lowest BCUT2D eigenvalue weighted by Gasteiger charge is -2.25. The molecular formula is C18H21NO5S. The summed E-state index contributed by atoms with van der Waals surface area (Å²) in [6.45, 7) is 1.94. The van der Waals surface area contributed by atoms with E-state index in [0.717, 1.165) is 5.56 Å². The van der Waals surface area contributed by atoms with Gasteiger partial charge in [-0.3, -0.25) is 9.10 Å². The molecule has 2 aromatic carbocycles. The molecule has 0 bridgehead atoms. The molecule has 0 radical (unpaired) electrons. The minimum Gasteiger partial charge on any atom is -0.497 e. The Morgan fingerprint density at radius 1 is 1.16 bits per heavy atom. The number of benzene rings is 2. The molecule has 2 aromatic rings. The van der Waals surface area contributed by atoms with Crippen molar-refractivity contribution in [2.24, 2.45) is 0 Å². The van der Waals surface area contributed by atoms with Crippen LogP contribution in [-0.2, 0) is 14.8 Å². The van der Waals surface area contributed by atoms with Crippen LogP contribution in [-0.4, -0.2) is 33.1 Å². The largest absolute Gasteiger partial charge is 0.497 e. The minimum atomic E-state index is -3.81. The summed E-state index contributed by atoms with van der Waals surface area (Å²) in [6, 6.07) is 13.3. The predicted molar refractivity (Wildman–Crippen MR) is 95.6 cm³/mol. The van der Waals surface area contributed by atoms with E-state index < -0.39 is 16.0 Å². The summed E-state index contributed by atoms with van der Waals surface area (Å²) in [5.41, 5.74) is 1.39. The van der Waals surface area contributed by atoms with E-state index in [2.05, 4.69) is 0 Å². The van der Waals surface area contributed by atoms with Crippen LogP contribution in [0.5, 0.6) is 5.75 Å². The standard InChI is InChI=1S/C18H21NO5S/c1-14-8-10-17(11-9-14)25(22,23)19(12-4-7-18(20)21)15-5-3-6-16(13-15)24-2/h3,5-6,8-11,13H,4,7,12H2,1-2H3,(H,20,21). The highest BCUT2D eigenvalue weighted by molar-refractivity contribution is 7.92. The van der Waals surface area contributed by atoms with Gasteiger partial charge in [-0.15, -0.1) is 0 Å². The normalized spacial score (nSPS) is 11.1. The number of anilines is 1. The Morgan fingerprint density at radius 3 is 2.44 bits per heavy atom. The Kier molecular flexibility index (Phi) is 6.03. The molecule has 1 N–H and O–H groups in total. The van der Waals surface area contributed by atoms with Crippen LogP contribution in [0, 0.1) is 6.92 Å². The number of carboxylic acid groups (broad SMARTS) is 1. The van der Waals surface area contributed by atoms with E-state index in [1.165, 1.54) is 11.4 Å². The second-order valence-electron chi connectivity index (χ2n) is 5.59. The molecule has 0 aliphatic carbocycles. The molecule has 0 amide bonds. The zero-order valence-corrected chi connectivity index (χ0v) is 15.0. The number of hydrogen-bond acceptors (Lipinski definition) is 4. The fraction of sp³-hybridized carbons (Fsp3) is 0.278. The highest BCUT2D eigenvalue weighted by atomic mass is 32.2. The summed E-state index contributed by atoms with van der Waals surface area (Å²) >= 11 is 0. The number of ether oxygens (including phenoxy) is 1. The van der Waals surface area contributed by atoms with Crippen LogP contribution in [0.1, 0.15) is 18.4 Å². The minimum absolute atomic E-state index is 0.0652. The molecule has 0 unspecified atom stereocenters. The Labute approximate surface area is 147 Å². The predicted octanol–water partition coefficient (Wildman–Crippen LogP) is 3.06. The average molecular weight is 363 g/mol.